The van der Waals surface area contributed by atoms with E-state index in [0.717, 1.165) is 18.6 Å². The Hall–Kier alpha value is -1.10. The molecule has 1 aromatic carbocycles. The highest BCUT2D eigenvalue weighted by Gasteiger charge is 2.52. The maximum Gasteiger partial charge on any atom is 0.251 e. The molecule has 4 atom stereocenters. The number of amides is 1. The summed E-state index contributed by atoms with van der Waals surface area (Å²) in [4.78, 5) is 12.2. The lowest BCUT2D eigenvalue weighted by atomic mass is 9.72. The number of aryl methyl sites for hydroxylation is 1. The molecule has 0 bridgehead atoms. The monoisotopic (exact) mass is 280 g/mol. The smallest absolute Gasteiger partial charge is 0.251 e. The van der Waals surface area contributed by atoms with Gasteiger partial charge in [-0.05, 0) is 37.1 Å². The summed E-state index contributed by atoms with van der Waals surface area (Å²) in [6, 6.07) is 5.18. The summed E-state index contributed by atoms with van der Waals surface area (Å²) in [6.07, 6.45) is 1.09. The van der Waals surface area contributed by atoms with E-state index in [2.05, 4.69) is 5.32 Å². The first-order valence-electron chi connectivity index (χ1n) is 6.52. The van der Waals surface area contributed by atoms with Gasteiger partial charge in [-0.2, -0.15) is 0 Å². The Kier molecular flexibility index (Phi) is 3.25. The summed E-state index contributed by atoms with van der Waals surface area (Å²) in [6.45, 7) is 2.62. The quantitative estimate of drug-likeness (QED) is 0.863. The van der Waals surface area contributed by atoms with Gasteiger partial charge in [0.05, 0.1) is 12.1 Å². The first-order valence-corrected chi connectivity index (χ1v) is 6.90. The molecule has 0 aromatic heterocycles. The minimum atomic E-state index is -0.117. The number of ether oxygens (including phenoxy) is 1. The zero-order valence-corrected chi connectivity index (χ0v) is 11.5. The van der Waals surface area contributed by atoms with Crippen LogP contribution in [0.4, 0.5) is 0 Å². The Morgan fingerprint density at radius 2 is 2.32 bits per heavy atom. The lowest BCUT2D eigenvalue weighted by Gasteiger charge is -2.45. The topological polar surface area (TPSA) is 64.4 Å². The minimum Gasteiger partial charge on any atom is -0.376 e. The standard InChI is InChI=1S/C14H17ClN2O2/c1-7-6-8(2-3-10(7)15)14(18)17-12-11(16)9-4-5-19-13(9)12/h2-3,6,9,11-13H,4-5,16H2,1H3,(H,17,18). The lowest BCUT2D eigenvalue weighted by Crippen LogP contribution is -2.68. The van der Waals surface area contributed by atoms with Crippen LogP contribution in [-0.2, 0) is 4.74 Å². The number of carbonyl (C=O) groups is 1. The molecular weight excluding hydrogens is 264 g/mol. The number of nitrogens with two attached hydrogens (primary N) is 1. The second-order valence-corrected chi connectivity index (χ2v) is 5.74. The fourth-order valence-electron chi connectivity index (χ4n) is 2.95. The van der Waals surface area contributed by atoms with Crippen LogP contribution in [0.2, 0.25) is 5.02 Å². The second kappa shape index (κ2) is 4.78. The highest BCUT2D eigenvalue weighted by molar-refractivity contribution is 6.31. The van der Waals surface area contributed by atoms with Gasteiger partial charge in [-0.25, -0.2) is 0 Å². The van der Waals surface area contributed by atoms with Crippen molar-refractivity contribution in [1.29, 1.82) is 0 Å². The summed E-state index contributed by atoms with van der Waals surface area (Å²) >= 11 is 5.95. The zero-order chi connectivity index (χ0) is 13.6. The van der Waals surface area contributed by atoms with Crippen LogP contribution in [0.3, 0.4) is 0 Å². The first-order chi connectivity index (χ1) is 9.08. The molecule has 4 unspecified atom stereocenters. The average molecular weight is 281 g/mol. The number of carbonyl (C=O) groups excluding carboxylic acids is 1. The van der Waals surface area contributed by atoms with Gasteiger partial charge in [0.25, 0.3) is 5.91 Å². The molecule has 1 aromatic rings. The summed E-state index contributed by atoms with van der Waals surface area (Å²) in [5.41, 5.74) is 7.57. The van der Waals surface area contributed by atoms with Gasteiger partial charge in [0.1, 0.15) is 0 Å². The number of halogens is 1. The third-order valence-corrected chi connectivity index (χ3v) is 4.59. The van der Waals surface area contributed by atoms with E-state index in [4.69, 9.17) is 22.1 Å². The van der Waals surface area contributed by atoms with Crippen LogP contribution >= 0.6 is 11.6 Å². The van der Waals surface area contributed by atoms with Crippen LogP contribution in [0.15, 0.2) is 18.2 Å². The van der Waals surface area contributed by atoms with Gasteiger partial charge >= 0.3 is 0 Å². The van der Waals surface area contributed by atoms with Gasteiger partial charge in [-0.1, -0.05) is 11.6 Å². The Morgan fingerprint density at radius 1 is 1.53 bits per heavy atom. The van der Waals surface area contributed by atoms with Crippen molar-refractivity contribution in [2.24, 2.45) is 11.7 Å². The van der Waals surface area contributed by atoms with Crippen molar-refractivity contribution in [2.75, 3.05) is 6.61 Å². The van der Waals surface area contributed by atoms with E-state index in [9.17, 15) is 4.79 Å². The van der Waals surface area contributed by atoms with Crippen LogP contribution in [0, 0.1) is 12.8 Å². The minimum absolute atomic E-state index is 0.00449. The molecule has 1 heterocycles. The van der Waals surface area contributed by atoms with E-state index < -0.39 is 0 Å². The third-order valence-electron chi connectivity index (χ3n) is 4.16. The highest BCUT2D eigenvalue weighted by atomic mass is 35.5. The number of nitrogens with one attached hydrogen (secondary N) is 1. The van der Waals surface area contributed by atoms with Crippen LogP contribution in [0.1, 0.15) is 22.3 Å². The fourth-order valence-corrected chi connectivity index (χ4v) is 3.07. The number of hydrogen-bond acceptors (Lipinski definition) is 3. The third kappa shape index (κ3) is 2.14. The highest BCUT2D eigenvalue weighted by Crippen LogP contribution is 2.37. The number of hydrogen-bond donors (Lipinski definition) is 2. The number of fused-ring (bicyclic) bond motifs is 1. The van der Waals surface area contributed by atoms with Crippen molar-refractivity contribution in [3.8, 4) is 0 Å². The van der Waals surface area contributed by atoms with E-state index in [1.54, 1.807) is 18.2 Å². The SMILES string of the molecule is Cc1cc(C(=O)NC2C(N)C3CCOC32)ccc1Cl. The number of rotatable bonds is 2. The van der Waals surface area contributed by atoms with Gasteiger partial charge < -0.3 is 15.8 Å². The Balaban J connectivity index is 1.70. The molecule has 5 heteroatoms. The number of benzene rings is 1. The molecule has 19 heavy (non-hydrogen) atoms. The van der Waals surface area contributed by atoms with Crippen LogP contribution in [0.25, 0.3) is 0 Å². The summed E-state index contributed by atoms with van der Waals surface area (Å²) < 4.78 is 5.60. The van der Waals surface area contributed by atoms with Crippen molar-refractivity contribution >= 4 is 17.5 Å². The molecule has 0 radical (unpaired) electrons. The largest absolute Gasteiger partial charge is 0.376 e. The Morgan fingerprint density at radius 3 is 3.05 bits per heavy atom. The van der Waals surface area contributed by atoms with Gasteiger partial charge in [-0.3, -0.25) is 4.79 Å². The summed E-state index contributed by atoms with van der Waals surface area (Å²) in [5, 5.41) is 3.63. The molecule has 1 saturated carbocycles. The van der Waals surface area contributed by atoms with Crippen LogP contribution < -0.4 is 11.1 Å². The molecule has 1 saturated heterocycles. The van der Waals surface area contributed by atoms with Crippen LogP contribution in [0.5, 0.6) is 0 Å². The normalized spacial score (nSPS) is 32.6. The molecule has 2 fully saturated rings. The van der Waals surface area contributed by atoms with Crippen molar-refractivity contribution < 1.29 is 9.53 Å². The molecule has 1 aliphatic carbocycles. The van der Waals surface area contributed by atoms with Crippen molar-refractivity contribution in [3.05, 3.63) is 34.3 Å². The molecule has 3 rings (SSSR count). The maximum absolute atomic E-state index is 12.2. The molecule has 1 aliphatic heterocycles. The van der Waals surface area contributed by atoms with Gasteiger partial charge in [0, 0.05) is 29.2 Å². The molecule has 3 N–H and O–H groups in total. The first kappa shape index (κ1) is 12.9. The predicted molar refractivity (Wildman–Crippen MR) is 73.3 cm³/mol. The van der Waals surface area contributed by atoms with Gasteiger partial charge in [0.15, 0.2) is 0 Å². The molecular formula is C14H17ClN2O2. The molecule has 1 amide bonds. The van der Waals surface area contributed by atoms with E-state index in [1.807, 2.05) is 6.92 Å². The van der Waals surface area contributed by atoms with Crippen LogP contribution in [-0.4, -0.2) is 30.7 Å². The molecule has 0 spiro atoms. The van der Waals surface area contributed by atoms with Gasteiger partial charge in [0.2, 0.25) is 0 Å². The Labute approximate surface area is 117 Å². The molecule has 102 valence electrons. The average Bonchev–Trinajstić information content (AvgIpc) is 2.83. The van der Waals surface area contributed by atoms with E-state index in [0.29, 0.717) is 16.5 Å². The van der Waals surface area contributed by atoms with E-state index in [-0.39, 0.29) is 24.1 Å². The Bertz CT molecular complexity index is 520. The van der Waals surface area contributed by atoms with E-state index >= 15 is 0 Å². The molecule has 2 aliphatic rings. The molecule has 4 nitrogen and oxygen atoms in total. The summed E-state index contributed by atoms with van der Waals surface area (Å²) in [5.74, 6) is 0.284. The van der Waals surface area contributed by atoms with E-state index in [1.165, 1.54) is 0 Å². The fraction of sp³-hybridized carbons (Fsp3) is 0.500. The summed E-state index contributed by atoms with van der Waals surface area (Å²) in [7, 11) is 0. The zero-order valence-electron chi connectivity index (χ0n) is 10.7. The second-order valence-electron chi connectivity index (χ2n) is 5.33. The van der Waals surface area contributed by atoms with Gasteiger partial charge in [-0.15, -0.1) is 0 Å². The van der Waals surface area contributed by atoms with Crippen molar-refractivity contribution in [1.82, 2.24) is 5.32 Å². The lowest BCUT2D eigenvalue weighted by molar-refractivity contribution is -0.0161. The van der Waals surface area contributed by atoms with Crippen molar-refractivity contribution in [3.63, 3.8) is 0 Å². The van der Waals surface area contributed by atoms with Crippen molar-refractivity contribution in [2.45, 2.75) is 31.5 Å². The maximum atomic E-state index is 12.2. The predicted octanol–water partition coefficient (Wildman–Crippen LogP) is 1.49.